The summed E-state index contributed by atoms with van der Waals surface area (Å²) in [6, 6.07) is 16.7. The van der Waals surface area contributed by atoms with Gasteiger partial charge in [-0.05, 0) is 49.4 Å². The van der Waals surface area contributed by atoms with Crippen LogP contribution >= 0.6 is 34.7 Å². The molecule has 0 saturated heterocycles. The van der Waals surface area contributed by atoms with E-state index in [1.165, 1.54) is 22.9 Å². The summed E-state index contributed by atoms with van der Waals surface area (Å²) in [5.41, 5.74) is 5.04. The molecule has 172 valence electrons. The van der Waals surface area contributed by atoms with Crippen molar-refractivity contribution in [3.05, 3.63) is 86.0 Å². The number of thiophene rings is 1. The Bertz CT molecular complexity index is 1450. The number of hydrogen-bond donors (Lipinski definition) is 1. The molecule has 0 aliphatic heterocycles. The second-order valence-electron chi connectivity index (χ2n) is 7.86. The van der Waals surface area contributed by atoms with Crippen LogP contribution < -0.4 is 11.0 Å². The topological polar surface area (TPSA) is 76.3 Å². The first-order valence-corrected chi connectivity index (χ1v) is 13.1. The maximum Gasteiger partial charge on any atom is 0.267 e. The van der Waals surface area contributed by atoms with Crippen molar-refractivity contribution in [2.75, 3.05) is 5.75 Å². The number of nitrogens with zero attached hydrogens (tertiary/aromatic N) is 3. The number of carbonyl (C=O) groups excluding carboxylic acids is 1. The molecule has 1 aliphatic rings. The molecule has 0 unspecified atom stereocenters. The van der Waals surface area contributed by atoms with E-state index in [1.54, 1.807) is 22.0 Å². The summed E-state index contributed by atoms with van der Waals surface area (Å²) < 4.78 is 1.62. The molecule has 2 aromatic carbocycles. The maximum absolute atomic E-state index is 13.7. The maximum atomic E-state index is 13.7. The lowest BCUT2D eigenvalue weighted by Gasteiger charge is -2.13. The fourth-order valence-electron chi connectivity index (χ4n) is 4.00. The molecule has 0 fully saturated rings. The van der Waals surface area contributed by atoms with Gasteiger partial charge in [0.25, 0.3) is 11.5 Å². The Kier molecular flexibility index (Phi) is 6.80. The molecule has 2 heterocycles. The second kappa shape index (κ2) is 10.1. The molecule has 0 radical (unpaired) electrons. The fraction of sp³-hybridized carbons (Fsp3) is 0.200. The quantitative estimate of drug-likeness (QED) is 0.168. The molecule has 0 spiro atoms. The summed E-state index contributed by atoms with van der Waals surface area (Å²) in [6.45, 7) is 0. The third kappa shape index (κ3) is 4.66. The molecule has 6 nitrogen and oxygen atoms in total. The van der Waals surface area contributed by atoms with Gasteiger partial charge in [0.05, 0.1) is 23.0 Å². The van der Waals surface area contributed by atoms with Gasteiger partial charge in [0.2, 0.25) is 0 Å². The lowest BCUT2D eigenvalue weighted by atomic mass is 9.97. The Hall–Kier alpha value is -2.94. The van der Waals surface area contributed by atoms with E-state index in [0.717, 1.165) is 47.2 Å². The van der Waals surface area contributed by atoms with Crippen LogP contribution in [0.2, 0.25) is 5.02 Å². The zero-order chi connectivity index (χ0) is 23.5. The van der Waals surface area contributed by atoms with E-state index in [0.29, 0.717) is 15.7 Å². The first kappa shape index (κ1) is 22.8. The van der Waals surface area contributed by atoms with Crippen LogP contribution in [0.4, 0.5) is 0 Å². The molecule has 0 atom stereocenters. The number of para-hydroxylation sites is 1. The third-order valence-corrected chi connectivity index (χ3v) is 8.07. The van der Waals surface area contributed by atoms with E-state index < -0.39 is 0 Å². The highest BCUT2D eigenvalue weighted by Crippen LogP contribution is 2.35. The van der Waals surface area contributed by atoms with Crippen molar-refractivity contribution in [3.8, 4) is 5.69 Å². The minimum atomic E-state index is -0.298. The number of aromatic nitrogens is 2. The summed E-state index contributed by atoms with van der Waals surface area (Å²) in [7, 11) is 0. The van der Waals surface area contributed by atoms with Crippen LogP contribution in [0.5, 0.6) is 0 Å². The zero-order valence-electron chi connectivity index (χ0n) is 18.2. The van der Waals surface area contributed by atoms with Crippen LogP contribution in [0.25, 0.3) is 15.9 Å². The summed E-state index contributed by atoms with van der Waals surface area (Å²) in [6.07, 6.45) is 5.65. The van der Waals surface area contributed by atoms with Gasteiger partial charge in [-0.15, -0.1) is 11.3 Å². The minimum absolute atomic E-state index is 0.0652. The van der Waals surface area contributed by atoms with Gasteiger partial charge in [0.1, 0.15) is 4.83 Å². The van der Waals surface area contributed by atoms with Crippen molar-refractivity contribution in [1.82, 2.24) is 15.0 Å². The second-order valence-corrected chi connectivity index (χ2v) is 10.3. The Balaban J connectivity index is 1.42. The van der Waals surface area contributed by atoms with Gasteiger partial charge in [0, 0.05) is 15.5 Å². The number of aryl methyl sites for hydroxylation is 2. The van der Waals surface area contributed by atoms with Gasteiger partial charge in [0.15, 0.2) is 5.16 Å². The highest BCUT2D eigenvalue weighted by atomic mass is 35.5. The van der Waals surface area contributed by atoms with Gasteiger partial charge in [-0.3, -0.25) is 14.2 Å². The number of halogens is 1. The molecule has 1 amide bonds. The molecule has 34 heavy (non-hydrogen) atoms. The van der Waals surface area contributed by atoms with Gasteiger partial charge in [-0.2, -0.15) is 5.10 Å². The average Bonchev–Trinajstić information content (AvgIpc) is 3.23. The lowest BCUT2D eigenvalue weighted by Crippen LogP contribution is -2.24. The number of benzene rings is 2. The van der Waals surface area contributed by atoms with Crippen molar-refractivity contribution >= 4 is 57.0 Å². The van der Waals surface area contributed by atoms with E-state index in [2.05, 4.69) is 10.5 Å². The highest BCUT2D eigenvalue weighted by Gasteiger charge is 2.23. The Labute approximate surface area is 209 Å². The zero-order valence-corrected chi connectivity index (χ0v) is 20.6. The van der Waals surface area contributed by atoms with Crippen molar-refractivity contribution in [2.24, 2.45) is 5.10 Å². The molecular weight excluding hydrogens is 488 g/mol. The predicted octanol–water partition coefficient (Wildman–Crippen LogP) is 5.22. The van der Waals surface area contributed by atoms with Gasteiger partial charge in [-0.1, -0.05) is 59.8 Å². The number of thioether (sulfide) groups is 1. The molecule has 0 bridgehead atoms. The molecular formula is C25H21ClN4O2S2. The molecule has 1 aliphatic carbocycles. The van der Waals surface area contributed by atoms with Gasteiger partial charge < -0.3 is 0 Å². The van der Waals surface area contributed by atoms with Crippen LogP contribution in [0.15, 0.2) is 69.6 Å². The summed E-state index contributed by atoms with van der Waals surface area (Å²) in [5, 5.41) is 5.77. The van der Waals surface area contributed by atoms with E-state index in [-0.39, 0.29) is 17.2 Å². The smallest absolute Gasteiger partial charge is 0.267 e. The van der Waals surface area contributed by atoms with Crippen molar-refractivity contribution in [1.29, 1.82) is 0 Å². The van der Waals surface area contributed by atoms with Crippen LogP contribution in [-0.4, -0.2) is 27.4 Å². The molecule has 4 aromatic rings. The van der Waals surface area contributed by atoms with E-state index in [1.807, 2.05) is 48.5 Å². The Morgan fingerprint density at radius 3 is 2.74 bits per heavy atom. The summed E-state index contributed by atoms with van der Waals surface area (Å²) in [5.74, 6) is -0.233. The third-order valence-electron chi connectivity index (χ3n) is 5.60. The largest absolute Gasteiger partial charge is 0.272 e. The number of fused-ring (bicyclic) bond motifs is 3. The normalized spacial score (nSPS) is 13.3. The summed E-state index contributed by atoms with van der Waals surface area (Å²) >= 11 is 8.93. The average molecular weight is 509 g/mol. The van der Waals surface area contributed by atoms with Crippen molar-refractivity contribution < 1.29 is 4.79 Å². The van der Waals surface area contributed by atoms with Gasteiger partial charge >= 0.3 is 0 Å². The number of rotatable bonds is 6. The SMILES string of the molecule is O=C(CSc1nc2sc3c(c2c(=O)n1-c1ccccc1)CCCC3)N/N=C\c1ccccc1Cl. The first-order chi connectivity index (χ1) is 16.6. The van der Waals surface area contributed by atoms with E-state index in [4.69, 9.17) is 16.6 Å². The van der Waals surface area contributed by atoms with Crippen LogP contribution in [0.3, 0.4) is 0 Å². The molecule has 5 rings (SSSR count). The Morgan fingerprint density at radius 1 is 1.15 bits per heavy atom. The first-order valence-electron chi connectivity index (χ1n) is 10.9. The summed E-state index contributed by atoms with van der Waals surface area (Å²) in [4.78, 5) is 33.0. The standard InChI is InChI=1S/C25H21ClN4O2S2/c26-19-12-6-4-8-16(19)14-27-29-21(31)15-33-25-28-23-22(18-11-5-7-13-20(18)34-23)24(32)30(25)17-9-2-1-3-10-17/h1-4,6,8-10,12,14H,5,7,11,13,15H2,(H,29,31)/b27-14-. The monoisotopic (exact) mass is 508 g/mol. The van der Waals surface area contributed by atoms with Crippen LogP contribution in [-0.2, 0) is 17.6 Å². The Morgan fingerprint density at radius 2 is 1.91 bits per heavy atom. The number of amides is 1. The number of carbonyl (C=O) groups is 1. The van der Waals surface area contributed by atoms with Crippen LogP contribution in [0.1, 0.15) is 28.8 Å². The van der Waals surface area contributed by atoms with E-state index >= 15 is 0 Å². The number of hydrazone groups is 1. The molecule has 0 saturated carbocycles. The van der Waals surface area contributed by atoms with Gasteiger partial charge in [-0.25, -0.2) is 10.4 Å². The van der Waals surface area contributed by atoms with Crippen molar-refractivity contribution in [3.63, 3.8) is 0 Å². The molecule has 1 N–H and O–H groups in total. The molecule has 9 heteroatoms. The number of hydrogen-bond acceptors (Lipinski definition) is 6. The van der Waals surface area contributed by atoms with E-state index in [9.17, 15) is 9.59 Å². The minimum Gasteiger partial charge on any atom is -0.272 e. The fourth-order valence-corrected chi connectivity index (χ4v) is 6.30. The number of nitrogens with one attached hydrogen (secondary N) is 1. The highest BCUT2D eigenvalue weighted by molar-refractivity contribution is 7.99. The lowest BCUT2D eigenvalue weighted by molar-refractivity contribution is -0.118. The van der Waals surface area contributed by atoms with Crippen LogP contribution in [0, 0.1) is 0 Å². The van der Waals surface area contributed by atoms with Crippen molar-refractivity contribution in [2.45, 2.75) is 30.8 Å². The molecule has 2 aromatic heterocycles. The predicted molar refractivity (Wildman–Crippen MR) is 140 cm³/mol.